The SMILES string of the molecule is Cc1cccc(OCCn2c(CCCNC(=O)c3ccccc3F)nc3ccccc32)c1C. The van der Waals surface area contributed by atoms with Crippen LogP contribution in [0.4, 0.5) is 4.39 Å². The van der Waals surface area contributed by atoms with Crippen LogP contribution in [0.15, 0.2) is 66.7 Å². The number of hydrogen-bond acceptors (Lipinski definition) is 3. The molecule has 0 saturated heterocycles. The normalized spacial score (nSPS) is 11.0. The minimum absolute atomic E-state index is 0.0633. The Hall–Kier alpha value is -3.67. The van der Waals surface area contributed by atoms with Gasteiger partial charge in [0, 0.05) is 13.0 Å². The number of nitrogens with zero attached hydrogens (tertiary/aromatic N) is 2. The fourth-order valence-corrected chi connectivity index (χ4v) is 3.88. The Balaban J connectivity index is 1.39. The summed E-state index contributed by atoms with van der Waals surface area (Å²) in [6, 6.07) is 20.1. The molecule has 4 rings (SSSR count). The number of amides is 1. The average molecular weight is 446 g/mol. The van der Waals surface area contributed by atoms with Crippen molar-refractivity contribution >= 4 is 16.9 Å². The predicted octanol–water partition coefficient (Wildman–Crippen LogP) is 5.23. The maximum absolute atomic E-state index is 13.8. The number of halogens is 1. The van der Waals surface area contributed by atoms with Crippen LogP contribution in [0.1, 0.15) is 33.7 Å². The smallest absolute Gasteiger partial charge is 0.254 e. The van der Waals surface area contributed by atoms with Crippen LogP contribution in [0.5, 0.6) is 5.75 Å². The number of nitrogens with one attached hydrogen (secondary N) is 1. The molecule has 170 valence electrons. The number of carbonyl (C=O) groups excluding carboxylic acids is 1. The van der Waals surface area contributed by atoms with Crippen molar-refractivity contribution in [2.75, 3.05) is 13.2 Å². The Labute approximate surface area is 193 Å². The van der Waals surface area contributed by atoms with Crippen LogP contribution in [0.25, 0.3) is 11.0 Å². The van der Waals surface area contributed by atoms with E-state index in [2.05, 4.69) is 35.9 Å². The summed E-state index contributed by atoms with van der Waals surface area (Å²) in [5.41, 5.74) is 4.42. The van der Waals surface area contributed by atoms with E-state index in [-0.39, 0.29) is 5.56 Å². The van der Waals surface area contributed by atoms with Crippen LogP contribution < -0.4 is 10.1 Å². The molecule has 0 saturated carbocycles. The van der Waals surface area contributed by atoms with Gasteiger partial charge in [-0.15, -0.1) is 0 Å². The molecule has 0 radical (unpaired) electrons. The maximum atomic E-state index is 13.8. The highest BCUT2D eigenvalue weighted by molar-refractivity contribution is 5.94. The highest BCUT2D eigenvalue weighted by Gasteiger charge is 2.13. The molecule has 0 fully saturated rings. The highest BCUT2D eigenvalue weighted by Crippen LogP contribution is 2.21. The molecule has 0 aliphatic heterocycles. The third-order valence-electron chi connectivity index (χ3n) is 5.84. The molecule has 4 aromatic rings. The molecular weight excluding hydrogens is 417 g/mol. The maximum Gasteiger partial charge on any atom is 0.254 e. The third kappa shape index (κ3) is 5.22. The van der Waals surface area contributed by atoms with E-state index in [9.17, 15) is 9.18 Å². The molecule has 1 N–H and O–H groups in total. The molecule has 0 aliphatic rings. The number of para-hydroxylation sites is 2. The van der Waals surface area contributed by atoms with Crippen molar-refractivity contribution in [3.05, 3.63) is 95.1 Å². The molecule has 5 nitrogen and oxygen atoms in total. The molecular formula is C27H28FN3O2. The summed E-state index contributed by atoms with van der Waals surface area (Å²) in [6.07, 6.45) is 1.39. The van der Waals surface area contributed by atoms with Gasteiger partial charge in [-0.25, -0.2) is 9.37 Å². The number of rotatable bonds is 9. The summed E-state index contributed by atoms with van der Waals surface area (Å²) in [4.78, 5) is 17.0. The lowest BCUT2D eigenvalue weighted by molar-refractivity contribution is 0.0949. The van der Waals surface area contributed by atoms with Gasteiger partial charge >= 0.3 is 0 Å². The Morgan fingerprint density at radius 1 is 1.03 bits per heavy atom. The van der Waals surface area contributed by atoms with Crippen molar-refractivity contribution in [3.63, 3.8) is 0 Å². The monoisotopic (exact) mass is 445 g/mol. The van der Waals surface area contributed by atoms with Crippen molar-refractivity contribution in [1.82, 2.24) is 14.9 Å². The molecule has 3 aromatic carbocycles. The number of carbonyl (C=O) groups is 1. The first-order valence-electron chi connectivity index (χ1n) is 11.2. The molecule has 0 aliphatic carbocycles. The van der Waals surface area contributed by atoms with Crippen molar-refractivity contribution < 1.29 is 13.9 Å². The van der Waals surface area contributed by atoms with Crippen LogP contribution in [0.3, 0.4) is 0 Å². The summed E-state index contributed by atoms with van der Waals surface area (Å²) in [6.45, 7) is 5.79. The van der Waals surface area contributed by atoms with Crippen LogP contribution in [0, 0.1) is 19.7 Å². The molecule has 0 atom stereocenters. The first-order chi connectivity index (χ1) is 16.0. The summed E-state index contributed by atoms with van der Waals surface area (Å²) in [5.74, 6) is 0.932. The second-order valence-electron chi connectivity index (χ2n) is 8.05. The third-order valence-corrected chi connectivity index (χ3v) is 5.84. The van der Waals surface area contributed by atoms with Crippen LogP contribution in [0.2, 0.25) is 0 Å². The van der Waals surface area contributed by atoms with Gasteiger partial charge in [-0.2, -0.15) is 0 Å². The Bertz CT molecular complexity index is 1270. The number of aromatic nitrogens is 2. The fraction of sp³-hybridized carbons (Fsp3) is 0.259. The molecule has 1 aromatic heterocycles. The minimum atomic E-state index is -0.513. The van der Waals surface area contributed by atoms with E-state index in [0.29, 0.717) is 32.5 Å². The van der Waals surface area contributed by atoms with Gasteiger partial charge in [0.05, 0.1) is 23.1 Å². The number of hydrogen-bond donors (Lipinski definition) is 1. The van der Waals surface area contributed by atoms with Gasteiger partial charge in [0.25, 0.3) is 5.91 Å². The molecule has 33 heavy (non-hydrogen) atoms. The van der Waals surface area contributed by atoms with Gasteiger partial charge < -0.3 is 14.6 Å². The quantitative estimate of drug-likeness (QED) is 0.359. The van der Waals surface area contributed by atoms with Crippen molar-refractivity contribution in [2.24, 2.45) is 0 Å². The first kappa shape index (κ1) is 22.5. The lowest BCUT2D eigenvalue weighted by Crippen LogP contribution is -2.26. The lowest BCUT2D eigenvalue weighted by Gasteiger charge is -2.13. The van der Waals surface area contributed by atoms with Crippen LogP contribution >= 0.6 is 0 Å². The molecule has 0 unspecified atom stereocenters. The minimum Gasteiger partial charge on any atom is -0.491 e. The summed E-state index contributed by atoms with van der Waals surface area (Å²) >= 11 is 0. The second-order valence-corrected chi connectivity index (χ2v) is 8.05. The van der Waals surface area contributed by atoms with Gasteiger partial charge in [-0.1, -0.05) is 36.4 Å². The number of benzene rings is 3. The van der Waals surface area contributed by atoms with E-state index >= 15 is 0 Å². The van der Waals surface area contributed by atoms with Crippen molar-refractivity contribution in [1.29, 1.82) is 0 Å². The fourth-order valence-electron chi connectivity index (χ4n) is 3.88. The molecule has 1 heterocycles. The van der Waals surface area contributed by atoms with Crippen LogP contribution in [-0.4, -0.2) is 28.6 Å². The van der Waals surface area contributed by atoms with E-state index in [1.807, 2.05) is 30.3 Å². The lowest BCUT2D eigenvalue weighted by atomic mass is 10.1. The first-order valence-corrected chi connectivity index (χ1v) is 11.2. The largest absolute Gasteiger partial charge is 0.491 e. The van der Waals surface area contributed by atoms with Gasteiger partial charge in [0.2, 0.25) is 0 Å². The average Bonchev–Trinajstić information content (AvgIpc) is 3.17. The van der Waals surface area contributed by atoms with Crippen molar-refractivity contribution in [2.45, 2.75) is 33.2 Å². The molecule has 6 heteroatoms. The van der Waals surface area contributed by atoms with E-state index in [1.54, 1.807) is 12.1 Å². The topological polar surface area (TPSA) is 56.1 Å². The molecule has 0 bridgehead atoms. The highest BCUT2D eigenvalue weighted by atomic mass is 19.1. The van der Waals surface area contributed by atoms with Gasteiger partial charge in [0.15, 0.2) is 0 Å². The predicted molar refractivity (Wildman–Crippen MR) is 128 cm³/mol. The van der Waals surface area contributed by atoms with Crippen LogP contribution in [-0.2, 0) is 13.0 Å². The number of aryl methyl sites for hydroxylation is 2. The number of imidazole rings is 1. The van der Waals surface area contributed by atoms with Gasteiger partial charge in [-0.05, 0) is 61.7 Å². The van der Waals surface area contributed by atoms with Crippen molar-refractivity contribution in [3.8, 4) is 5.75 Å². The standard InChI is InChI=1S/C27H28FN3O2/c1-19-9-7-14-25(20(19)2)33-18-17-31-24-13-6-5-12-23(24)30-26(31)15-8-16-29-27(32)21-10-3-4-11-22(21)28/h3-7,9-14H,8,15-18H2,1-2H3,(H,29,32). The Morgan fingerprint density at radius 3 is 2.67 bits per heavy atom. The Morgan fingerprint density at radius 2 is 1.82 bits per heavy atom. The zero-order chi connectivity index (χ0) is 23.2. The van der Waals surface area contributed by atoms with E-state index in [4.69, 9.17) is 9.72 Å². The van der Waals surface area contributed by atoms with E-state index < -0.39 is 11.7 Å². The van der Waals surface area contributed by atoms with Gasteiger partial charge in [0.1, 0.15) is 24.0 Å². The zero-order valence-corrected chi connectivity index (χ0v) is 19.0. The zero-order valence-electron chi connectivity index (χ0n) is 19.0. The van der Waals surface area contributed by atoms with Gasteiger partial charge in [-0.3, -0.25) is 4.79 Å². The van der Waals surface area contributed by atoms with E-state index in [0.717, 1.165) is 28.2 Å². The summed E-state index contributed by atoms with van der Waals surface area (Å²) < 4.78 is 22.0. The Kier molecular flexibility index (Phi) is 7.03. The van der Waals surface area contributed by atoms with E-state index in [1.165, 1.54) is 17.7 Å². The number of fused-ring (bicyclic) bond motifs is 1. The number of ether oxygens (including phenoxy) is 1. The summed E-state index contributed by atoms with van der Waals surface area (Å²) in [5, 5.41) is 2.80. The second kappa shape index (κ2) is 10.3. The molecule has 1 amide bonds. The molecule has 0 spiro atoms. The summed E-state index contributed by atoms with van der Waals surface area (Å²) in [7, 11) is 0.